The van der Waals surface area contributed by atoms with Gasteiger partial charge in [-0.3, -0.25) is 0 Å². The molecule has 46 heavy (non-hydrogen) atoms. The van der Waals surface area contributed by atoms with Crippen LogP contribution in [0.15, 0.2) is 133 Å². The van der Waals surface area contributed by atoms with E-state index in [9.17, 15) is 0 Å². The van der Waals surface area contributed by atoms with Gasteiger partial charge in [0.05, 0.1) is 0 Å². The average molecular weight is 617 g/mol. The van der Waals surface area contributed by atoms with E-state index in [0.717, 1.165) is 0 Å². The zero-order valence-corrected chi connectivity index (χ0v) is 29.2. The van der Waals surface area contributed by atoms with Gasteiger partial charge in [0.1, 0.15) is 0 Å². The van der Waals surface area contributed by atoms with Gasteiger partial charge in [0, 0.05) is 13.0 Å². The van der Waals surface area contributed by atoms with Gasteiger partial charge in [-0.05, 0) is 111 Å². The molecular formula is C44H44OSi. The minimum absolute atomic E-state index is 0.0423. The molecule has 0 aliphatic heterocycles. The molecule has 1 nitrogen and oxygen atoms in total. The highest BCUT2D eigenvalue weighted by Gasteiger charge is 2.56. The number of rotatable bonds is 5. The Kier molecular flexibility index (Phi) is 7.42. The maximum atomic E-state index is 6.61. The molecule has 0 heterocycles. The molecule has 0 unspecified atom stereocenters. The zero-order chi connectivity index (χ0) is 32.3. The molecule has 2 heteroatoms. The molecule has 7 rings (SSSR count). The molecule has 0 bridgehead atoms. The Morgan fingerprint density at radius 2 is 0.804 bits per heavy atom. The van der Waals surface area contributed by atoms with Gasteiger partial charge in [0.2, 0.25) is 8.32 Å². The Bertz CT molecular complexity index is 2150. The molecule has 0 aliphatic rings. The summed E-state index contributed by atoms with van der Waals surface area (Å²) >= 11 is 0. The predicted octanol–water partition coefficient (Wildman–Crippen LogP) is 11.9. The van der Waals surface area contributed by atoms with Crippen LogP contribution >= 0.6 is 0 Å². The van der Waals surface area contributed by atoms with Crippen LogP contribution in [0.3, 0.4) is 0 Å². The van der Waals surface area contributed by atoms with Crippen LogP contribution in [0.1, 0.15) is 64.2 Å². The van der Waals surface area contributed by atoms with Gasteiger partial charge in [-0.15, -0.1) is 0 Å². The van der Waals surface area contributed by atoms with Crippen LogP contribution < -0.4 is 5.19 Å². The topological polar surface area (TPSA) is 9.23 Å². The van der Waals surface area contributed by atoms with Crippen LogP contribution in [0, 0.1) is 0 Å². The van der Waals surface area contributed by atoms with Crippen molar-refractivity contribution in [2.24, 2.45) is 0 Å². The Morgan fingerprint density at radius 3 is 1.24 bits per heavy atom. The lowest BCUT2D eigenvalue weighted by atomic mass is 9.84. The lowest BCUT2D eigenvalue weighted by Gasteiger charge is -2.50. The number of hydrogen-bond donors (Lipinski definition) is 0. The fourth-order valence-corrected chi connectivity index (χ4v) is 14.6. The van der Waals surface area contributed by atoms with E-state index in [1.165, 1.54) is 65.0 Å². The van der Waals surface area contributed by atoms with Crippen LogP contribution in [0.4, 0.5) is 0 Å². The number of fused-ring (bicyclic) bond motifs is 4. The summed E-state index contributed by atoms with van der Waals surface area (Å²) in [7, 11) is -0.444. The van der Waals surface area contributed by atoms with Crippen molar-refractivity contribution >= 4 is 56.6 Å². The van der Waals surface area contributed by atoms with Crippen molar-refractivity contribution in [2.75, 3.05) is 7.11 Å². The predicted molar refractivity (Wildman–Crippen MR) is 202 cm³/mol. The first kappa shape index (κ1) is 30.4. The third-order valence-electron chi connectivity index (χ3n) is 10.2. The van der Waals surface area contributed by atoms with E-state index in [0.29, 0.717) is 0 Å². The molecule has 0 radical (unpaired) electrons. The number of hydrogen-bond acceptors (Lipinski definition) is 1. The van der Waals surface area contributed by atoms with Crippen molar-refractivity contribution in [3.63, 3.8) is 0 Å². The van der Waals surface area contributed by atoms with Gasteiger partial charge >= 0.3 is 0 Å². The molecule has 0 N–H and O–H groups in total. The summed E-state index contributed by atoms with van der Waals surface area (Å²) in [6, 6.07) is 50.0. The lowest BCUT2D eigenvalue weighted by molar-refractivity contribution is 0.341. The van der Waals surface area contributed by atoms with E-state index in [2.05, 4.69) is 175 Å². The lowest BCUT2D eigenvalue weighted by Crippen LogP contribution is -2.63. The molecule has 0 aromatic heterocycles. The summed E-state index contributed by atoms with van der Waals surface area (Å²) in [4.78, 5) is 0. The second-order valence-electron chi connectivity index (χ2n) is 15.1. The standard InChI is InChI=1S/C44H44OSi/c1-43(2,3)46(45-7,44(4,5)6)41-21-20-33-23-37-26-36-22-32-18-19-34(24-35(32)25-38(36)27-39(37)28-40(33)29-41)42(30-14-10-8-11-15-30)31-16-12-9-13-17-31/h8-29,42H,1-7H3. The molecule has 0 atom stereocenters. The largest absolute Gasteiger partial charge is 0.414 e. The van der Waals surface area contributed by atoms with Crippen LogP contribution in [0.5, 0.6) is 0 Å². The van der Waals surface area contributed by atoms with Gasteiger partial charge in [-0.2, -0.15) is 0 Å². The van der Waals surface area contributed by atoms with Crippen molar-refractivity contribution in [3.8, 4) is 0 Å². The minimum atomic E-state index is -2.37. The summed E-state index contributed by atoms with van der Waals surface area (Å²) in [5, 5.41) is 11.6. The first-order valence-corrected chi connectivity index (χ1v) is 18.4. The molecular weight excluding hydrogens is 573 g/mol. The van der Waals surface area contributed by atoms with E-state index in [1.54, 1.807) is 0 Å². The minimum Gasteiger partial charge on any atom is -0.414 e. The van der Waals surface area contributed by atoms with Crippen LogP contribution in [0.25, 0.3) is 43.1 Å². The summed E-state index contributed by atoms with van der Waals surface area (Å²) in [6.07, 6.45) is 0. The van der Waals surface area contributed by atoms with E-state index in [-0.39, 0.29) is 16.0 Å². The molecule has 7 aromatic rings. The van der Waals surface area contributed by atoms with Gasteiger partial charge in [-0.25, -0.2) is 0 Å². The molecule has 0 saturated heterocycles. The second kappa shape index (κ2) is 11.2. The average Bonchev–Trinajstić information content (AvgIpc) is 3.02. The molecule has 0 spiro atoms. The normalized spacial score (nSPS) is 13.0. The Hall–Kier alpha value is -4.24. The third kappa shape index (κ3) is 5.05. The van der Waals surface area contributed by atoms with Crippen molar-refractivity contribution in [3.05, 3.63) is 150 Å². The van der Waals surface area contributed by atoms with Gasteiger partial charge in [-0.1, -0.05) is 139 Å². The second-order valence-corrected chi connectivity index (χ2v) is 20.4. The van der Waals surface area contributed by atoms with Crippen molar-refractivity contribution in [1.29, 1.82) is 0 Å². The van der Waals surface area contributed by atoms with Crippen molar-refractivity contribution < 1.29 is 4.43 Å². The Morgan fingerprint density at radius 1 is 0.413 bits per heavy atom. The Labute approximate surface area is 275 Å². The monoisotopic (exact) mass is 616 g/mol. The highest BCUT2D eigenvalue weighted by molar-refractivity contribution is 6.91. The molecule has 230 valence electrons. The van der Waals surface area contributed by atoms with Gasteiger partial charge in [0.25, 0.3) is 0 Å². The smallest absolute Gasteiger partial charge is 0.234 e. The summed E-state index contributed by atoms with van der Waals surface area (Å²) in [5.74, 6) is 0.184. The first-order chi connectivity index (χ1) is 22.0. The van der Waals surface area contributed by atoms with Crippen LogP contribution in [-0.2, 0) is 4.43 Å². The maximum absolute atomic E-state index is 6.61. The third-order valence-corrected chi connectivity index (χ3v) is 16.1. The van der Waals surface area contributed by atoms with Gasteiger partial charge < -0.3 is 4.43 Å². The molecule has 0 amide bonds. The Balaban J connectivity index is 1.37. The van der Waals surface area contributed by atoms with E-state index >= 15 is 0 Å². The summed E-state index contributed by atoms with van der Waals surface area (Å²) < 4.78 is 6.61. The van der Waals surface area contributed by atoms with Crippen LogP contribution in [-0.4, -0.2) is 15.4 Å². The molecule has 0 aliphatic carbocycles. The quantitative estimate of drug-likeness (QED) is 0.106. The fraction of sp³-hybridized carbons (Fsp3) is 0.227. The van der Waals surface area contributed by atoms with E-state index in [1.807, 2.05) is 7.11 Å². The summed E-state index contributed by atoms with van der Waals surface area (Å²) in [5.41, 5.74) is 3.93. The van der Waals surface area contributed by atoms with E-state index in [4.69, 9.17) is 4.43 Å². The molecule has 0 saturated carbocycles. The highest BCUT2D eigenvalue weighted by Crippen LogP contribution is 2.51. The fourth-order valence-electron chi connectivity index (χ4n) is 8.51. The number of benzene rings is 7. The van der Waals surface area contributed by atoms with Crippen molar-refractivity contribution in [2.45, 2.75) is 57.5 Å². The van der Waals surface area contributed by atoms with Gasteiger partial charge in [0.15, 0.2) is 0 Å². The highest BCUT2D eigenvalue weighted by atomic mass is 28.4. The van der Waals surface area contributed by atoms with Crippen molar-refractivity contribution in [1.82, 2.24) is 0 Å². The van der Waals surface area contributed by atoms with Crippen LogP contribution in [0.2, 0.25) is 10.1 Å². The maximum Gasteiger partial charge on any atom is 0.234 e. The molecule has 7 aromatic carbocycles. The SMILES string of the molecule is CO[Si](c1ccc2cc3cc4cc5ccc(C(c6ccccc6)c6ccccc6)cc5cc4cc3cc2c1)(C(C)(C)C)C(C)(C)C. The first-order valence-electron chi connectivity index (χ1n) is 16.5. The summed E-state index contributed by atoms with van der Waals surface area (Å²) in [6.45, 7) is 14.1. The zero-order valence-electron chi connectivity index (χ0n) is 28.2. The molecule has 0 fully saturated rings. The van der Waals surface area contributed by atoms with E-state index < -0.39 is 8.32 Å².